The molecule has 0 aromatic carbocycles. The SMILES string of the molecule is CNCc1nc2c(s1)C(C)CC(C)C2. The number of hydrogen-bond donors (Lipinski definition) is 1. The third-order valence-corrected chi connectivity index (χ3v) is 4.17. The lowest BCUT2D eigenvalue weighted by Gasteiger charge is -2.22. The van der Waals surface area contributed by atoms with Gasteiger partial charge in [-0.05, 0) is 31.7 Å². The van der Waals surface area contributed by atoms with E-state index in [1.165, 1.54) is 28.4 Å². The van der Waals surface area contributed by atoms with Crippen molar-refractivity contribution < 1.29 is 0 Å². The second kappa shape index (κ2) is 3.99. The van der Waals surface area contributed by atoms with Crippen molar-refractivity contribution in [2.45, 2.75) is 39.2 Å². The largest absolute Gasteiger partial charge is 0.314 e. The molecule has 0 spiro atoms. The van der Waals surface area contributed by atoms with Gasteiger partial charge in [-0.1, -0.05) is 13.8 Å². The van der Waals surface area contributed by atoms with Crippen LogP contribution in [0.5, 0.6) is 0 Å². The standard InChI is InChI=1S/C11H18N2S/c1-7-4-8(2)11-9(5-7)13-10(14-11)6-12-3/h7-8,12H,4-6H2,1-3H3. The number of nitrogens with one attached hydrogen (secondary N) is 1. The fourth-order valence-corrected chi connectivity index (χ4v) is 3.47. The number of nitrogens with zero attached hydrogens (tertiary/aromatic N) is 1. The molecule has 1 heterocycles. The first-order valence-corrected chi connectivity index (χ1v) is 6.15. The Morgan fingerprint density at radius 1 is 1.50 bits per heavy atom. The van der Waals surface area contributed by atoms with Crippen LogP contribution >= 0.6 is 11.3 Å². The average Bonchev–Trinajstić information content (AvgIpc) is 2.48. The average molecular weight is 210 g/mol. The summed E-state index contributed by atoms with van der Waals surface area (Å²) in [6.45, 7) is 5.57. The van der Waals surface area contributed by atoms with Crippen molar-refractivity contribution in [3.8, 4) is 0 Å². The molecule has 2 unspecified atom stereocenters. The molecule has 14 heavy (non-hydrogen) atoms. The van der Waals surface area contributed by atoms with Crippen molar-refractivity contribution in [1.29, 1.82) is 0 Å². The Labute approximate surface area is 89.8 Å². The van der Waals surface area contributed by atoms with Gasteiger partial charge in [0, 0.05) is 11.4 Å². The van der Waals surface area contributed by atoms with E-state index >= 15 is 0 Å². The Morgan fingerprint density at radius 3 is 3.00 bits per heavy atom. The van der Waals surface area contributed by atoms with Gasteiger partial charge in [-0.2, -0.15) is 0 Å². The van der Waals surface area contributed by atoms with E-state index in [-0.39, 0.29) is 0 Å². The first-order chi connectivity index (χ1) is 6.70. The first-order valence-electron chi connectivity index (χ1n) is 5.33. The third-order valence-electron chi connectivity index (χ3n) is 2.85. The maximum absolute atomic E-state index is 4.70. The van der Waals surface area contributed by atoms with E-state index in [4.69, 9.17) is 4.98 Å². The minimum Gasteiger partial charge on any atom is -0.314 e. The van der Waals surface area contributed by atoms with Crippen LogP contribution in [0.4, 0.5) is 0 Å². The molecule has 2 nitrogen and oxygen atoms in total. The van der Waals surface area contributed by atoms with E-state index in [9.17, 15) is 0 Å². The van der Waals surface area contributed by atoms with Crippen LogP contribution in [0, 0.1) is 5.92 Å². The lowest BCUT2D eigenvalue weighted by molar-refractivity contribution is 0.449. The van der Waals surface area contributed by atoms with Gasteiger partial charge >= 0.3 is 0 Å². The molecule has 0 aliphatic heterocycles. The van der Waals surface area contributed by atoms with Crippen molar-refractivity contribution in [3.05, 3.63) is 15.6 Å². The van der Waals surface area contributed by atoms with Gasteiger partial charge in [0.15, 0.2) is 0 Å². The predicted molar refractivity (Wildman–Crippen MR) is 60.8 cm³/mol. The predicted octanol–water partition coefficient (Wildman–Crippen LogP) is 2.55. The number of aromatic nitrogens is 1. The fourth-order valence-electron chi connectivity index (χ4n) is 2.30. The monoisotopic (exact) mass is 210 g/mol. The van der Waals surface area contributed by atoms with E-state index in [0.717, 1.165) is 18.4 Å². The number of rotatable bonds is 2. The van der Waals surface area contributed by atoms with Crippen LogP contribution in [0.15, 0.2) is 0 Å². The summed E-state index contributed by atoms with van der Waals surface area (Å²) in [5, 5.41) is 4.42. The maximum atomic E-state index is 4.70. The van der Waals surface area contributed by atoms with E-state index in [0.29, 0.717) is 0 Å². The third kappa shape index (κ3) is 1.84. The summed E-state index contributed by atoms with van der Waals surface area (Å²) in [7, 11) is 1.98. The molecule has 78 valence electrons. The Hall–Kier alpha value is -0.410. The van der Waals surface area contributed by atoms with E-state index in [2.05, 4.69) is 19.2 Å². The summed E-state index contributed by atoms with van der Waals surface area (Å²) in [4.78, 5) is 6.23. The molecule has 1 aromatic rings. The Morgan fingerprint density at radius 2 is 2.29 bits per heavy atom. The van der Waals surface area contributed by atoms with Gasteiger partial charge in [-0.15, -0.1) is 11.3 Å². The molecule has 0 fully saturated rings. The van der Waals surface area contributed by atoms with Crippen LogP contribution in [0.1, 0.15) is 41.8 Å². The zero-order valence-electron chi connectivity index (χ0n) is 9.13. The molecule has 0 saturated carbocycles. The van der Waals surface area contributed by atoms with Crippen molar-refractivity contribution in [3.63, 3.8) is 0 Å². The van der Waals surface area contributed by atoms with Gasteiger partial charge < -0.3 is 5.32 Å². The lowest BCUT2D eigenvalue weighted by atomic mass is 9.86. The highest BCUT2D eigenvalue weighted by Crippen LogP contribution is 2.37. The van der Waals surface area contributed by atoms with Gasteiger partial charge in [0.05, 0.1) is 5.69 Å². The zero-order valence-corrected chi connectivity index (χ0v) is 9.95. The molecule has 2 rings (SSSR count). The summed E-state index contributed by atoms with van der Waals surface area (Å²) in [5.74, 6) is 1.53. The molecule has 0 bridgehead atoms. The second-order valence-corrected chi connectivity index (χ2v) is 5.51. The topological polar surface area (TPSA) is 24.9 Å². The molecule has 1 aliphatic rings. The van der Waals surface area contributed by atoms with Crippen LogP contribution in [-0.4, -0.2) is 12.0 Å². The molecule has 1 N–H and O–H groups in total. The molecular formula is C11H18N2S. The number of hydrogen-bond acceptors (Lipinski definition) is 3. The summed E-state index contributed by atoms with van der Waals surface area (Å²) in [6.07, 6.45) is 2.51. The second-order valence-electron chi connectivity index (χ2n) is 4.39. The molecule has 1 aliphatic carbocycles. The summed E-state index contributed by atoms with van der Waals surface area (Å²) in [6, 6.07) is 0. The van der Waals surface area contributed by atoms with Gasteiger partial charge in [0.2, 0.25) is 0 Å². The Kier molecular flexibility index (Phi) is 2.88. The van der Waals surface area contributed by atoms with Crippen LogP contribution in [-0.2, 0) is 13.0 Å². The van der Waals surface area contributed by atoms with Crippen LogP contribution in [0.25, 0.3) is 0 Å². The van der Waals surface area contributed by atoms with Crippen LogP contribution in [0.3, 0.4) is 0 Å². The van der Waals surface area contributed by atoms with Crippen LogP contribution < -0.4 is 5.32 Å². The Bertz CT molecular complexity index is 319. The minimum atomic E-state index is 0.719. The van der Waals surface area contributed by atoms with Crippen molar-refractivity contribution >= 4 is 11.3 Å². The molecular weight excluding hydrogens is 192 g/mol. The van der Waals surface area contributed by atoms with Crippen LogP contribution in [0.2, 0.25) is 0 Å². The zero-order chi connectivity index (χ0) is 10.1. The molecule has 0 radical (unpaired) electrons. The van der Waals surface area contributed by atoms with Gasteiger partial charge in [0.25, 0.3) is 0 Å². The van der Waals surface area contributed by atoms with Gasteiger partial charge in [-0.25, -0.2) is 4.98 Å². The normalized spacial score (nSPS) is 26.2. The maximum Gasteiger partial charge on any atom is 0.107 e. The van der Waals surface area contributed by atoms with Crippen molar-refractivity contribution in [1.82, 2.24) is 10.3 Å². The highest BCUT2D eigenvalue weighted by molar-refractivity contribution is 7.11. The summed E-state index contributed by atoms with van der Waals surface area (Å²) >= 11 is 1.90. The highest BCUT2D eigenvalue weighted by Gasteiger charge is 2.25. The van der Waals surface area contributed by atoms with Crippen molar-refractivity contribution in [2.24, 2.45) is 5.92 Å². The molecule has 1 aromatic heterocycles. The van der Waals surface area contributed by atoms with E-state index in [1.54, 1.807) is 0 Å². The van der Waals surface area contributed by atoms with E-state index in [1.807, 2.05) is 18.4 Å². The fraction of sp³-hybridized carbons (Fsp3) is 0.727. The quantitative estimate of drug-likeness (QED) is 0.811. The molecule has 0 amide bonds. The molecule has 3 heteroatoms. The Balaban J connectivity index is 2.26. The van der Waals surface area contributed by atoms with Crippen molar-refractivity contribution in [2.75, 3.05) is 7.05 Å². The van der Waals surface area contributed by atoms with E-state index < -0.39 is 0 Å². The highest BCUT2D eigenvalue weighted by atomic mass is 32.1. The minimum absolute atomic E-state index is 0.719. The summed E-state index contributed by atoms with van der Waals surface area (Å²) in [5.41, 5.74) is 1.37. The molecule has 0 saturated heterocycles. The summed E-state index contributed by atoms with van der Waals surface area (Å²) < 4.78 is 0. The van der Waals surface area contributed by atoms with Gasteiger partial charge in [0.1, 0.15) is 5.01 Å². The first kappa shape index (κ1) is 10.1. The lowest BCUT2D eigenvalue weighted by Crippen LogP contribution is -2.13. The molecule has 2 atom stereocenters. The smallest absolute Gasteiger partial charge is 0.107 e. The number of thiazole rings is 1. The number of fused-ring (bicyclic) bond motifs is 1. The van der Waals surface area contributed by atoms with Gasteiger partial charge in [-0.3, -0.25) is 0 Å².